The van der Waals surface area contributed by atoms with E-state index in [1.165, 1.54) is 0 Å². The van der Waals surface area contributed by atoms with Gasteiger partial charge in [0.15, 0.2) is 0 Å². The molecule has 0 atom stereocenters. The van der Waals surface area contributed by atoms with Crippen LogP contribution in [0.2, 0.25) is 0 Å². The highest BCUT2D eigenvalue weighted by molar-refractivity contribution is 5.41. The summed E-state index contributed by atoms with van der Waals surface area (Å²) in [6.07, 6.45) is 0. The van der Waals surface area contributed by atoms with Crippen molar-refractivity contribution in [3.8, 4) is 11.5 Å². The number of nitrogens with one attached hydrogen (secondary N) is 1. The van der Waals surface area contributed by atoms with Crippen molar-refractivity contribution in [1.29, 1.82) is 0 Å². The zero-order valence-electron chi connectivity index (χ0n) is 15.3. The Labute approximate surface area is 160 Å². The molecule has 0 fully saturated rings. The van der Waals surface area contributed by atoms with Gasteiger partial charge in [-0.15, -0.1) is 0 Å². The first kappa shape index (κ1) is 19.0. The lowest BCUT2D eigenvalue weighted by Crippen LogP contribution is -2.18. The lowest BCUT2D eigenvalue weighted by molar-refractivity contribution is 0.283. The first-order valence-electron chi connectivity index (χ1n) is 9.13. The Morgan fingerprint density at radius 2 is 1.37 bits per heavy atom. The first-order chi connectivity index (χ1) is 13.3. The van der Waals surface area contributed by atoms with Crippen LogP contribution in [0.5, 0.6) is 11.5 Å². The standard InChI is InChI=1S/C23H25NO3/c25-14-13-24-16-21-11-12-22(26-17-19-7-3-1-4-8-19)15-23(21)27-18-20-9-5-2-6-10-20/h1-12,15,24-25H,13-14,16-18H2. The van der Waals surface area contributed by atoms with Crippen LogP contribution in [0.25, 0.3) is 0 Å². The Bertz CT molecular complexity index is 806. The molecule has 3 aromatic carbocycles. The second kappa shape index (κ2) is 10.4. The minimum atomic E-state index is 0.110. The van der Waals surface area contributed by atoms with Gasteiger partial charge in [0.1, 0.15) is 24.7 Å². The lowest BCUT2D eigenvalue weighted by Gasteiger charge is -2.15. The number of benzene rings is 3. The van der Waals surface area contributed by atoms with E-state index in [-0.39, 0.29) is 6.61 Å². The lowest BCUT2D eigenvalue weighted by atomic mass is 10.1. The Balaban J connectivity index is 1.69. The van der Waals surface area contributed by atoms with Gasteiger partial charge in [0.2, 0.25) is 0 Å². The Kier molecular flexibility index (Phi) is 7.27. The molecule has 2 N–H and O–H groups in total. The average molecular weight is 363 g/mol. The number of hydrogen-bond acceptors (Lipinski definition) is 4. The van der Waals surface area contributed by atoms with Crippen molar-refractivity contribution in [2.45, 2.75) is 19.8 Å². The van der Waals surface area contributed by atoms with Crippen LogP contribution in [-0.2, 0) is 19.8 Å². The molecule has 0 amide bonds. The first-order valence-corrected chi connectivity index (χ1v) is 9.13. The van der Waals surface area contributed by atoms with Crippen LogP contribution in [0, 0.1) is 0 Å². The van der Waals surface area contributed by atoms with Gasteiger partial charge >= 0.3 is 0 Å². The van der Waals surface area contributed by atoms with Crippen LogP contribution >= 0.6 is 0 Å². The molecular weight excluding hydrogens is 338 g/mol. The third kappa shape index (κ3) is 6.13. The van der Waals surface area contributed by atoms with Crippen LogP contribution in [0.3, 0.4) is 0 Å². The van der Waals surface area contributed by atoms with Crippen molar-refractivity contribution >= 4 is 0 Å². The molecule has 0 bridgehead atoms. The summed E-state index contributed by atoms with van der Waals surface area (Å²) in [5.41, 5.74) is 3.27. The fraction of sp³-hybridized carbons (Fsp3) is 0.217. The molecule has 3 aromatic rings. The van der Waals surface area contributed by atoms with Gasteiger partial charge in [0.05, 0.1) is 6.61 Å². The molecule has 0 radical (unpaired) electrons. The summed E-state index contributed by atoms with van der Waals surface area (Å²) in [7, 11) is 0. The second-order valence-corrected chi connectivity index (χ2v) is 6.22. The molecule has 0 heterocycles. The van der Waals surface area contributed by atoms with Gasteiger partial charge in [-0.1, -0.05) is 66.7 Å². The molecule has 3 rings (SSSR count). The van der Waals surface area contributed by atoms with E-state index in [1.807, 2.05) is 78.9 Å². The average Bonchev–Trinajstić information content (AvgIpc) is 2.73. The summed E-state index contributed by atoms with van der Waals surface area (Å²) in [5, 5.41) is 12.2. The van der Waals surface area contributed by atoms with Crippen molar-refractivity contribution < 1.29 is 14.6 Å². The van der Waals surface area contributed by atoms with Crippen LogP contribution in [-0.4, -0.2) is 18.3 Å². The summed E-state index contributed by atoms with van der Waals surface area (Å²) >= 11 is 0. The molecule has 0 spiro atoms. The van der Waals surface area contributed by atoms with Gasteiger partial charge in [-0.3, -0.25) is 0 Å². The minimum Gasteiger partial charge on any atom is -0.489 e. The van der Waals surface area contributed by atoms with Gasteiger partial charge in [-0.05, 0) is 17.2 Å². The zero-order valence-corrected chi connectivity index (χ0v) is 15.3. The van der Waals surface area contributed by atoms with Crippen molar-refractivity contribution in [2.24, 2.45) is 0 Å². The largest absolute Gasteiger partial charge is 0.489 e. The van der Waals surface area contributed by atoms with Crippen LogP contribution in [0.1, 0.15) is 16.7 Å². The molecule has 4 heteroatoms. The summed E-state index contributed by atoms with van der Waals surface area (Å²) < 4.78 is 12.0. The third-order valence-electron chi connectivity index (χ3n) is 4.13. The summed E-state index contributed by atoms with van der Waals surface area (Å²) in [6, 6.07) is 26.1. The highest BCUT2D eigenvalue weighted by Gasteiger charge is 2.07. The van der Waals surface area contributed by atoms with Crippen molar-refractivity contribution in [2.75, 3.05) is 13.2 Å². The maximum Gasteiger partial charge on any atom is 0.127 e. The fourth-order valence-electron chi connectivity index (χ4n) is 2.68. The molecule has 4 nitrogen and oxygen atoms in total. The molecule has 0 saturated heterocycles. The van der Waals surface area contributed by atoms with E-state index in [0.717, 1.165) is 28.2 Å². The highest BCUT2D eigenvalue weighted by Crippen LogP contribution is 2.26. The topological polar surface area (TPSA) is 50.7 Å². The SMILES string of the molecule is OCCNCc1ccc(OCc2ccccc2)cc1OCc1ccccc1. The van der Waals surface area contributed by atoms with Gasteiger partial charge in [0, 0.05) is 24.7 Å². The van der Waals surface area contributed by atoms with E-state index in [4.69, 9.17) is 14.6 Å². The molecule has 0 aliphatic rings. The highest BCUT2D eigenvalue weighted by atomic mass is 16.5. The molecule has 0 aliphatic carbocycles. The number of rotatable bonds is 10. The quantitative estimate of drug-likeness (QED) is 0.536. The van der Waals surface area contributed by atoms with Crippen LogP contribution in [0.4, 0.5) is 0 Å². The zero-order chi connectivity index (χ0) is 18.7. The predicted octanol–water partition coefficient (Wildman–Crippen LogP) is 3.93. The van der Waals surface area contributed by atoms with E-state index < -0.39 is 0 Å². The number of aliphatic hydroxyl groups is 1. The van der Waals surface area contributed by atoms with E-state index in [0.29, 0.717) is 26.3 Å². The predicted molar refractivity (Wildman–Crippen MR) is 107 cm³/mol. The maximum atomic E-state index is 8.97. The minimum absolute atomic E-state index is 0.110. The van der Waals surface area contributed by atoms with Crippen molar-refractivity contribution in [1.82, 2.24) is 5.32 Å². The number of aliphatic hydroxyl groups excluding tert-OH is 1. The van der Waals surface area contributed by atoms with Crippen molar-refractivity contribution in [3.63, 3.8) is 0 Å². The smallest absolute Gasteiger partial charge is 0.127 e. The summed E-state index contributed by atoms with van der Waals surface area (Å²) in [4.78, 5) is 0. The molecule has 0 aromatic heterocycles. The molecule has 0 saturated carbocycles. The second-order valence-electron chi connectivity index (χ2n) is 6.22. The van der Waals surface area contributed by atoms with E-state index in [1.54, 1.807) is 0 Å². The Morgan fingerprint density at radius 1 is 0.741 bits per heavy atom. The van der Waals surface area contributed by atoms with Gasteiger partial charge in [-0.25, -0.2) is 0 Å². The van der Waals surface area contributed by atoms with Crippen LogP contribution < -0.4 is 14.8 Å². The van der Waals surface area contributed by atoms with Crippen molar-refractivity contribution in [3.05, 3.63) is 95.6 Å². The van der Waals surface area contributed by atoms with E-state index >= 15 is 0 Å². The monoisotopic (exact) mass is 363 g/mol. The normalized spacial score (nSPS) is 10.6. The molecule has 27 heavy (non-hydrogen) atoms. The van der Waals surface area contributed by atoms with E-state index in [9.17, 15) is 0 Å². The molecule has 0 unspecified atom stereocenters. The summed E-state index contributed by atoms with van der Waals surface area (Å²) in [6.45, 7) is 2.30. The fourth-order valence-corrected chi connectivity index (χ4v) is 2.68. The molecule has 140 valence electrons. The third-order valence-corrected chi connectivity index (χ3v) is 4.13. The number of hydrogen-bond donors (Lipinski definition) is 2. The Hall–Kier alpha value is -2.82. The van der Waals surface area contributed by atoms with Crippen LogP contribution in [0.15, 0.2) is 78.9 Å². The van der Waals surface area contributed by atoms with Gasteiger partial charge in [-0.2, -0.15) is 0 Å². The number of ether oxygens (including phenoxy) is 2. The van der Waals surface area contributed by atoms with E-state index in [2.05, 4.69) is 5.32 Å². The Morgan fingerprint density at radius 3 is 2.00 bits per heavy atom. The van der Waals surface area contributed by atoms with Gasteiger partial charge < -0.3 is 19.9 Å². The maximum absolute atomic E-state index is 8.97. The van der Waals surface area contributed by atoms with Gasteiger partial charge in [0.25, 0.3) is 0 Å². The molecule has 0 aliphatic heterocycles. The molecular formula is C23H25NO3. The summed E-state index contributed by atoms with van der Waals surface area (Å²) in [5.74, 6) is 1.56.